The second-order valence-corrected chi connectivity index (χ2v) is 9.65. The Morgan fingerprint density at radius 1 is 0.975 bits per heavy atom. The molecule has 9 nitrogen and oxygen atoms in total. The van der Waals surface area contributed by atoms with Crippen LogP contribution in [0.5, 0.6) is 11.5 Å². The van der Waals surface area contributed by atoms with Crippen molar-refractivity contribution in [2.75, 3.05) is 58.4 Å². The van der Waals surface area contributed by atoms with Gasteiger partial charge in [0.05, 0.1) is 19.9 Å². The highest BCUT2D eigenvalue weighted by atomic mass is 19.1. The minimum Gasteiger partial charge on any atom is -0.497 e. The number of methoxy groups -OCH3 is 2. The van der Waals surface area contributed by atoms with E-state index in [1.54, 1.807) is 31.3 Å². The third-order valence-corrected chi connectivity index (χ3v) is 6.97. The summed E-state index contributed by atoms with van der Waals surface area (Å²) in [4.78, 5) is 31.8. The normalized spacial score (nSPS) is 13.5. The number of anilines is 1. The van der Waals surface area contributed by atoms with Crippen LogP contribution in [0, 0.1) is 5.82 Å². The lowest BCUT2D eigenvalue weighted by molar-refractivity contribution is -0.131. The standard InChI is InChI=1S/C30H36FN5O4/c1-4-5-14-36(30(38)22-8-6-9-23(31)19-22)21-29(37)35-16-7-15-34(17-18-35)28-13-12-26(32-33-28)25-11-10-24(39-2)20-27(25)40-3/h6,8-13,19-20H,4-5,7,14-18,21H2,1-3H3. The van der Waals surface area contributed by atoms with Gasteiger partial charge in [-0.05, 0) is 55.3 Å². The largest absolute Gasteiger partial charge is 0.497 e. The van der Waals surface area contributed by atoms with Crippen LogP contribution in [0.1, 0.15) is 36.5 Å². The van der Waals surface area contributed by atoms with Gasteiger partial charge >= 0.3 is 0 Å². The van der Waals surface area contributed by atoms with Gasteiger partial charge in [-0.2, -0.15) is 0 Å². The van der Waals surface area contributed by atoms with Crippen molar-refractivity contribution in [1.82, 2.24) is 20.0 Å². The average molecular weight is 550 g/mol. The van der Waals surface area contributed by atoms with E-state index in [4.69, 9.17) is 9.47 Å². The summed E-state index contributed by atoms with van der Waals surface area (Å²) >= 11 is 0. The Morgan fingerprint density at radius 2 is 1.82 bits per heavy atom. The molecule has 0 atom stereocenters. The van der Waals surface area contributed by atoms with Crippen LogP contribution in [0.4, 0.5) is 10.2 Å². The molecule has 4 rings (SSSR count). The predicted molar refractivity (Wildman–Crippen MR) is 151 cm³/mol. The van der Waals surface area contributed by atoms with E-state index in [9.17, 15) is 14.0 Å². The van der Waals surface area contributed by atoms with Crippen molar-refractivity contribution >= 4 is 17.6 Å². The summed E-state index contributed by atoms with van der Waals surface area (Å²) in [6.07, 6.45) is 2.40. The van der Waals surface area contributed by atoms with Gasteiger partial charge in [-0.15, -0.1) is 10.2 Å². The zero-order chi connectivity index (χ0) is 28.5. The highest BCUT2D eigenvalue weighted by Gasteiger charge is 2.25. The zero-order valence-corrected chi connectivity index (χ0v) is 23.3. The van der Waals surface area contributed by atoms with Crippen molar-refractivity contribution in [3.63, 3.8) is 0 Å². The number of hydrogen-bond acceptors (Lipinski definition) is 7. The van der Waals surface area contributed by atoms with Crippen LogP contribution < -0.4 is 14.4 Å². The number of nitrogens with zero attached hydrogens (tertiary/aromatic N) is 5. The molecule has 0 aliphatic carbocycles. The fourth-order valence-corrected chi connectivity index (χ4v) is 4.71. The van der Waals surface area contributed by atoms with Crippen molar-refractivity contribution in [2.45, 2.75) is 26.2 Å². The fourth-order valence-electron chi connectivity index (χ4n) is 4.71. The number of carbonyl (C=O) groups excluding carboxylic acids is 2. The molecule has 10 heteroatoms. The van der Waals surface area contributed by atoms with E-state index in [1.807, 2.05) is 31.2 Å². The molecule has 2 heterocycles. The molecule has 0 N–H and O–H groups in total. The van der Waals surface area contributed by atoms with Crippen molar-refractivity contribution in [2.24, 2.45) is 0 Å². The lowest BCUT2D eigenvalue weighted by Gasteiger charge is -2.27. The lowest BCUT2D eigenvalue weighted by atomic mass is 10.1. The molecule has 0 unspecified atom stereocenters. The first kappa shape index (κ1) is 28.8. The van der Waals surface area contributed by atoms with Gasteiger partial charge in [-0.25, -0.2) is 4.39 Å². The fraction of sp³-hybridized carbons (Fsp3) is 0.400. The Kier molecular flexibility index (Phi) is 9.88. The van der Waals surface area contributed by atoms with Crippen LogP contribution in [0.3, 0.4) is 0 Å². The van der Waals surface area contributed by atoms with Gasteiger partial charge in [0.15, 0.2) is 5.82 Å². The highest BCUT2D eigenvalue weighted by Crippen LogP contribution is 2.32. The number of rotatable bonds is 10. The van der Waals surface area contributed by atoms with Gasteiger partial charge < -0.3 is 24.2 Å². The topological polar surface area (TPSA) is 88.1 Å². The van der Waals surface area contributed by atoms with Crippen LogP contribution in [-0.4, -0.2) is 85.3 Å². The number of halogens is 1. The molecule has 2 amide bonds. The van der Waals surface area contributed by atoms with E-state index in [2.05, 4.69) is 15.1 Å². The Balaban J connectivity index is 1.39. The molecule has 212 valence electrons. The first-order chi connectivity index (χ1) is 19.4. The summed E-state index contributed by atoms with van der Waals surface area (Å²) in [5.41, 5.74) is 1.75. The first-order valence-corrected chi connectivity index (χ1v) is 13.6. The summed E-state index contributed by atoms with van der Waals surface area (Å²) in [7, 11) is 3.21. The lowest BCUT2D eigenvalue weighted by Crippen LogP contribution is -2.44. The maximum atomic E-state index is 13.7. The third-order valence-electron chi connectivity index (χ3n) is 6.97. The van der Waals surface area contributed by atoms with Crippen LogP contribution in [0.25, 0.3) is 11.3 Å². The van der Waals surface area contributed by atoms with Crippen LogP contribution in [-0.2, 0) is 4.79 Å². The van der Waals surface area contributed by atoms with Gasteiger partial charge in [0.2, 0.25) is 5.91 Å². The van der Waals surface area contributed by atoms with Gasteiger partial charge in [-0.3, -0.25) is 9.59 Å². The van der Waals surface area contributed by atoms with E-state index >= 15 is 0 Å². The van der Waals surface area contributed by atoms with Gasteiger partial charge in [-0.1, -0.05) is 19.4 Å². The number of benzene rings is 2. The molecule has 1 aliphatic rings. The molecular formula is C30H36FN5O4. The molecule has 2 aromatic carbocycles. The molecule has 0 spiro atoms. The summed E-state index contributed by atoms with van der Waals surface area (Å²) in [5, 5.41) is 8.89. The number of hydrogen-bond donors (Lipinski definition) is 0. The Bertz CT molecular complexity index is 1300. The summed E-state index contributed by atoms with van der Waals surface area (Å²) in [5.74, 6) is 1.16. The molecule has 0 radical (unpaired) electrons. The Morgan fingerprint density at radius 3 is 2.52 bits per heavy atom. The minimum atomic E-state index is -0.473. The highest BCUT2D eigenvalue weighted by molar-refractivity contribution is 5.96. The maximum Gasteiger partial charge on any atom is 0.254 e. The average Bonchev–Trinajstić information content (AvgIpc) is 3.25. The molecule has 0 saturated carbocycles. The Hall–Kier alpha value is -4.21. The number of aromatic nitrogens is 2. The van der Waals surface area contributed by atoms with E-state index in [0.717, 1.165) is 37.2 Å². The van der Waals surface area contributed by atoms with Crippen molar-refractivity contribution in [1.29, 1.82) is 0 Å². The number of carbonyl (C=O) groups is 2. The van der Waals surface area contributed by atoms with Crippen molar-refractivity contribution in [3.05, 3.63) is 66.0 Å². The molecule has 0 bridgehead atoms. The predicted octanol–water partition coefficient (Wildman–Crippen LogP) is 4.28. The molecule has 1 saturated heterocycles. The number of amides is 2. The molecule has 40 heavy (non-hydrogen) atoms. The van der Waals surface area contributed by atoms with Gasteiger partial charge in [0.25, 0.3) is 5.91 Å². The van der Waals surface area contributed by atoms with Crippen molar-refractivity contribution < 1.29 is 23.5 Å². The molecule has 1 aromatic heterocycles. The number of unbranched alkanes of at least 4 members (excludes halogenated alkanes) is 1. The summed E-state index contributed by atoms with van der Waals surface area (Å²) in [6.45, 7) is 4.85. The van der Waals surface area contributed by atoms with Gasteiger partial charge in [0, 0.05) is 49.9 Å². The second-order valence-electron chi connectivity index (χ2n) is 9.65. The third kappa shape index (κ3) is 7.05. The van der Waals surface area contributed by atoms with Crippen LogP contribution >= 0.6 is 0 Å². The monoisotopic (exact) mass is 549 g/mol. The number of ether oxygens (including phenoxy) is 2. The molecule has 3 aromatic rings. The quantitative estimate of drug-likeness (QED) is 0.373. The minimum absolute atomic E-state index is 0.0342. The van der Waals surface area contributed by atoms with Crippen LogP contribution in [0.15, 0.2) is 54.6 Å². The zero-order valence-electron chi connectivity index (χ0n) is 23.3. The van der Waals surface area contributed by atoms with Crippen LogP contribution in [0.2, 0.25) is 0 Å². The summed E-state index contributed by atoms with van der Waals surface area (Å²) < 4.78 is 24.5. The van der Waals surface area contributed by atoms with E-state index < -0.39 is 5.82 Å². The maximum absolute atomic E-state index is 13.7. The van der Waals surface area contributed by atoms with E-state index in [0.29, 0.717) is 43.4 Å². The van der Waals surface area contributed by atoms with Gasteiger partial charge in [0.1, 0.15) is 23.9 Å². The molecular weight excluding hydrogens is 513 g/mol. The molecule has 1 fully saturated rings. The smallest absolute Gasteiger partial charge is 0.254 e. The van der Waals surface area contributed by atoms with Crippen molar-refractivity contribution in [3.8, 4) is 22.8 Å². The SMILES string of the molecule is CCCCN(CC(=O)N1CCCN(c2ccc(-c3ccc(OC)cc3OC)nn2)CC1)C(=O)c1cccc(F)c1. The van der Waals surface area contributed by atoms with E-state index in [1.165, 1.54) is 23.1 Å². The second kappa shape index (κ2) is 13.7. The van der Waals surface area contributed by atoms with E-state index in [-0.39, 0.29) is 23.9 Å². The Labute approximate surface area is 234 Å². The summed E-state index contributed by atoms with van der Waals surface area (Å²) in [6, 6.07) is 15.0. The first-order valence-electron chi connectivity index (χ1n) is 13.6. The molecule has 1 aliphatic heterocycles.